The summed E-state index contributed by atoms with van der Waals surface area (Å²) in [5.41, 5.74) is 0.623. The van der Waals surface area contributed by atoms with Crippen molar-refractivity contribution in [2.24, 2.45) is 0 Å². The summed E-state index contributed by atoms with van der Waals surface area (Å²) in [5.74, 6) is 0.652. The Kier molecular flexibility index (Phi) is 4.02. The van der Waals surface area contributed by atoms with Gasteiger partial charge in [-0.25, -0.2) is 0 Å². The van der Waals surface area contributed by atoms with E-state index in [4.69, 9.17) is 4.74 Å². The molecule has 0 spiro atoms. The molecule has 1 aromatic rings. The van der Waals surface area contributed by atoms with Gasteiger partial charge in [0.25, 0.3) is 5.91 Å². The molecule has 0 aliphatic carbocycles. The van der Waals surface area contributed by atoms with E-state index in [1.807, 2.05) is 17.0 Å². The van der Waals surface area contributed by atoms with Crippen LogP contribution in [0.5, 0.6) is 5.75 Å². The first kappa shape index (κ1) is 12.4. The molecule has 92 valence electrons. The van der Waals surface area contributed by atoms with Gasteiger partial charge < -0.3 is 15.0 Å². The van der Waals surface area contributed by atoms with Crippen LogP contribution in [0.15, 0.2) is 22.7 Å². The van der Waals surface area contributed by atoms with Gasteiger partial charge in [-0.1, -0.05) is 15.9 Å². The number of methoxy groups -OCH3 is 1. The Morgan fingerprint density at radius 1 is 1.41 bits per heavy atom. The minimum absolute atomic E-state index is 0.0378. The predicted molar refractivity (Wildman–Crippen MR) is 69.5 cm³/mol. The zero-order valence-corrected chi connectivity index (χ0v) is 11.3. The summed E-state index contributed by atoms with van der Waals surface area (Å²) in [7, 11) is 1.58. The van der Waals surface area contributed by atoms with Gasteiger partial charge in [-0.2, -0.15) is 0 Å². The fraction of sp³-hybridized carbons (Fsp3) is 0.417. The molecule has 1 N–H and O–H groups in total. The van der Waals surface area contributed by atoms with E-state index in [9.17, 15) is 4.79 Å². The highest BCUT2D eigenvalue weighted by atomic mass is 79.9. The Labute approximate surface area is 109 Å². The summed E-state index contributed by atoms with van der Waals surface area (Å²) in [6, 6.07) is 5.47. The molecule has 17 heavy (non-hydrogen) atoms. The van der Waals surface area contributed by atoms with Crippen molar-refractivity contribution in [2.45, 2.75) is 0 Å². The van der Waals surface area contributed by atoms with Crippen molar-refractivity contribution < 1.29 is 9.53 Å². The van der Waals surface area contributed by atoms with Gasteiger partial charge in [0.15, 0.2) is 0 Å². The Bertz CT molecular complexity index is 417. The number of amides is 1. The standard InChI is InChI=1S/C12H15BrN2O2/c1-17-11-8-9(13)2-3-10(11)12(16)15-6-4-14-5-7-15/h2-3,8,14H,4-7H2,1H3. The number of piperazine rings is 1. The highest BCUT2D eigenvalue weighted by Crippen LogP contribution is 2.24. The molecular formula is C12H15BrN2O2. The molecule has 1 fully saturated rings. The third kappa shape index (κ3) is 2.79. The summed E-state index contributed by atoms with van der Waals surface area (Å²) in [6.07, 6.45) is 0. The first-order valence-electron chi connectivity index (χ1n) is 5.56. The lowest BCUT2D eigenvalue weighted by molar-refractivity contribution is 0.0732. The molecule has 1 saturated heterocycles. The second-order valence-electron chi connectivity index (χ2n) is 3.89. The van der Waals surface area contributed by atoms with Crippen molar-refractivity contribution in [1.82, 2.24) is 10.2 Å². The molecular weight excluding hydrogens is 284 g/mol. The largest absolute Gasteiger partial charge is 0.496 e. The number of hydrogen-bond acceptors (Lipinski definition) is 3. The lowest BCUT2D eigenvalue weighted by Crippen LogP contribution is -2.46. The quantitative estimate of drug-likeness (QED) is 0.900. The maximum absolute atomic E-state index is 12.3. The fourth-order valence-electron chi connectivity index (χ4n) is 1.88. The molecule has 0 aromatic heterocycles. The van der Waals surface area contributed by atoms with Crippen molar-refractivity contribution in [2.75, 3.05) is 33.3 Å². The van der Waals surface area contributed by atoms with Gasteiger partial charge in [-0.05, 0) is 18.2 Å². The lowest BCUT2D eigenvalue weighted by atomic mass is 10.1. The number of nitrogens with zero attached hydrogens (tertiary/aromatic N) is 1. The molecule has 4 nitrogen and oxygen atoms in total. The Morgan fingerprint density at radius 3 is 2.76 bits per heavy atom. The van der Waals surface area contributed by atoms with Crippen LogP contribution in [0.1, 0.15) is 10.4 Å². The number of hydrogen-bond donors (Lipinski definition) is 1. The van der Waals surface area contributed by atoms with Gasteiger partial charge in [0.05, 0.1) is 12.7 Å². The Morgan fingerprint density at radius 2 is 2.12 bits per heavy atom. The molecule has 1 aliphatic heterocycles. The van der Waals surface area contributed by atoms with E-state index in [0.717, 1.165) is 30.7 Å². The van der Waals surface area contributed by atoms with Gasteiger partial charge in [-0.15, -0.1) is 0 Å². The van der Waals surface area contributed by atoms with E-state index in [2.05, 4.69) is 21.2 Å². The van der Waals surface area contributed by atoms with Crippen LogP contribution in [0, 0.1) is 0 Å². The fourth-order valence-corrected chi connectivity index (χ4v) is 2.22. The summed E-state index contributed by atoms with van der Waals surface area (Å²) in [6.45, 7) is 3.20. The SMILES string of the molecule is COc1cc(Br)ccc1C(=O)N1CCNCC1. The third-order valence-electron chi connectivity index (χ3n) is 2.80. The first-order chi connectivity index (χ1) is 8.22. The average molecular weight is 299 g/mol. The highest BCUT2D eigenvalue weighted by Gasteiger charge is 2.20. The summed E-state index contributed by atoms with van der Waals surface area (Å²) >= 11 is 3.37. The molecule has 0 unspecified atom stereocenters. The molecule has 0 saturated carbocycles. The maximum atomic E-state index is 12.3. The second kappa shape index (κ2) is 5.51. The van der Waals surface area contributed by atoms with Crippen LogP contribution < -0.4 is 10.1 Å². The molecule has 1 aliphatic rings. The summed E-state index contributed by atoms with van der Waals surface area (Å²) < 4.78 is 6.15. The van der Waals surface area contributed by atoms with Crippen molar-refractivity contribution in [3.63, 3.8) is 0 Å². The van der Waals surface area contributed by atoms with Crippen molar-refractivity contribution in [3.05, 3.63) is 28.2 Å². The van der Waals surface area contributed by atoms with E-state index in [1.165, 1.54) is 0 Å². The van der Waals surface area contributed by atoms with Crippen LogP contribution in [-0.4, -0.2) is 44.1 Å². The number of rotatable bonds is 2. The van der Waals surface area contributed by atoms with E-state index in [0.29, 0.717) is 11.3 Å². The summed E-state index contributed by atoms with van der Waals surface area (Å²) in [5, 5.41) is 3.23. The molecule has 1 aromatic carbocycles. The molecule has 0 radical (unpaired) electrons. The van der Waals surface area contributed by atoms with Gasteiger partial charge >= 0.3 is 0 Å². The van der Waals surface area contributed by atoms with E-state index in [1.54, 1.807) is 13.2 Å². The minimum atomic E-state index is 0.0378. The number of benzene rings is 1. The molecule has 0 atom stereocenters. The van der Waals surface area contributed by atoms with Crippen LogP contribution in [-0.2, 0) is 0 Å². The zero-order chi connectivity index (χ0) is 12.3. The van der Waals surface area contributed by atoms with Gasteiger partial charge in [0.2, 0.25) is 0 Å². The normalized spacial score (nSPS) is 15.8. The Balaban J connectivity index is 2.23. The molecule has 1 amide bonds. The predicted octanol–water partition coefficient (Wildman–Crippen LogP) is 1.50. The van der Waals surface area contributed by atoms with E-state index < -0.39 is 0 Å². The van der Waals surface area contributed by atoms with Crippen LogP contribution in [0.3, 0.4) is 0 Å². The zero-order valence-electron chi connectivity index (χ0n) is 9.70. The lowest BCUT2D eigenvalue weighted by Gasteiger charge is -2.28. The van der Waals surface area contributed by atoms with E-state index >= 15 is 0 Å². The summed E-state index contributed by atoms with van der Waals surface area (Å²) in [4.78, 5) is 14.1. The van der Waals surface area contributed by atoms with Crippen molar-refractivity contribution >= 4 is 21.8 Å². The second-order valence-corrected chi connectivity index (χ2v) is 4.80. The van der Waals surface area contributed by atoms with E-state index in [-0.39, 0.29) is 5.91 Å². The van der Waals surface area contributed by atoms with Crippen LogP contribution in [0.25, 0.3) is 0 Å². The monoisotopic (exact) mass is 298 g/mol. The number of ether oxygens (including phenoxy) is 1. The number of halogens is 1. The number of carbonyl (C=O) groups is 1. The van der Waals surface area contributed by atoms with Gasteiger partial charge in [0, 0.05) is 30.7 Å². The number of carbonyl (C=O) groups excluding carboxylic acids is 1. The topological polar surface area (TPSA) is 41.6 Å². The molecule has 1 heterocycles. The van der Waals surface area contributed by atoms with Gasteiger partial charge in [0.1, 0.15) is 5.75 Å². The maximum Gasteiger partial charge on any atom is 0.257 e. The third-order valence-corrected chi connectivity index (χ3v) is 3.29. The molecule has 0 bridgehead atoms. The minimum Gasteiger partial charge on any atom is -0.496 e. The molecule has 2 rings (SSSR count). The Hall–Kier alpha value is -1.07. The van der Waals surface area contributed by atoms with Gasteiger partial charge in [-0.3, -0.25) is 4.79 Å². The average Bonchev–Trinajstić information content (AvgIpc) is 2.39. The molecule has 5 heteroatoms. The highest BCUT2D eigenvalue weighted by molar-refractivity contribution is 9.10. The van der Waals surface area contributed by atoms with Crippen molar-refractivity contribution in [3.8, 4) is 5.75 Å². The van der Waals surface area contributed by atoms with Crippen LogP contribution in [0.2, 0.25) is 0 Å². The smallest absolute Gasteiger partial charge is 0.257 e. The van der Waals surface area contributed by atoms with Crippen LogP contribution >= 0.6 is 15.9 Å². The first-order valence-corrected chi connectivity index (χ1v) is 6.35. The number of nitrogens with one attached hydrogen (secondary N) is 1. The van der Waals surface area contributed by atoms with Crippen LogP contribution in [0.4, 0.5) is 0 Å². The van der Waals surface area contributed by atoms with Crippen molar-refractivity contribution in [1.29, 1.82) is 0 Å².